The first-order valence-corrected chi connectivity index (χ1v) is 7.03. The van der Waals surface area contributed by atoms with Crippen LogP contribution in [-0.4, -0.2) is 39.5 Å². The van der Waals surface area contributed by atoms with Crippen molar-refractivity contribution in [1.82, 2.24) is 20.4 Å². The number of aromatic nitrogens is 4. The molecule has 2 aromatic rings. The molecule has 3 heterocycles. The third-order valence-corrected chi connectivity index (χ3v) is 4.15. The maximum Gasteiger partial charge on any atom is 0.210 e. The Labute approximate surface area is 111 Å². The van der Waals surface area contributed by atoms with Crippen molar-refractivity contribution in [1.29, 1.82) is 0 Å². The lowest BCUT2D eigenvalue weighted by molar-refractivity contribution is 0.801. The quantitative estimate of drug-likeness (QED) is 0.733. The van der Waals surface area contributed by atoms with Gasteiger partial charge in [0.15, 0.2) is 0 Å². The molecular formula is C8H12N8S2. The van der Waals surface area contributed by atoms with Gasteiger partial charge in [-0.05, 0) is 6.42 Å². The van der Waals surface area contributed by atoms with Crippen molar-refractivity contribution in [2.75, 3.05) is 34.8 Å². The minimum Gasteiger partial charge on any atom is -0.374 e. The van der Waals surface area contributed by atoms with Crippen molar-refractivity contribution in [3.63, 3.8) is 0 Å². The van der Waals surface area contributed by atoms with Gasteiger partial charge in [0.1, 0.15) is 0 Å². The molecule has 1 aliphatic heterocycles. The van der Waals surface area contributed by atoms with Crippen LogP contribution in [0.25, 0.3) is 0 Å². The number of rotatable bonds is 3. The van der Waals surface area contributed by atoms with Crippen molar-refractivity contribution in [3.8, 4) is 0 Å². The lowest BCUT2D eigenvalue weighted by atomic mass is 10.3. The van der Waals surface area contributed by atoms with Gasteiger partial charge < -0.3 is 21.7 Å². The summed E-state index contributed by atoms with van der Waals surface area (Å²) < 4.78 is 0. The predicted molar refractivity (Wildman–Crippen MR) is 72.9 cm³/mol. The smallest absolute Gasteiger partial charge is 0.210 e. The van der Waals surface area contributed by atoms with E-state index in [1.54, 1.807) is 0 Å². The summed E-state index contributed by atoms with van der Waals surface area (Å²) in [5, 5.41) is 21.5. The molecule has 0 unspecified atom stereocenters. The molecule has 0 aliphatic carbocycles. The van der Waals surface area contributed by atoms with E-state index >= 15 is 0 Å². The zero-order chi connectivity index (χ0) is 12.5. The Hall–Kier alpha value is -1.68. The van der Waals surface area contributed by atoms with E-state index in [9.17, 15) is 0 Å². The van der Waals surface area contributed by atoms with Crippen LogP contribution in [0.3, 0.4) is 0 Å². The van der Waals surface area contributed by atoms with Crippen LogP contribution in [0.5, 0.6) is 0 Å². The Kier molecular flexibility index (Phi) is 2.88. The Bertz CT molecular complexity index is 537. The van der Waals surface area contributed by atoms with Gasteiger partial charge in [0.25, 0.3) is 0 Å². The van der Waals surface area contributed by atoms with Gasteiger partial charge in [-0.25, -0.2) is 0 Å². The number of anilines is 4. The highest BCUT2D eigenvalue weighted by atomic mass is 32.1. The molecule has 0 aromatic carbocycles. The second-order valence-corrected chi connectivity index (χ2v) is 5.94. The maximum atomic E-state index is 5.58. The molecule has 5 N–H and O–H groups in total. The van der Waals surface area contributed by atoms with Gasteiger partial charge >= 0.3 is 0 Å². The summed E-state index contributed by atoms with van der Waals surface area (Å²) in [6.45, 7) is 1.79. The Morgan fingerprint density at radius 2 is 1.89 bits per heavy atom. The van der Waals surface area contributed by atoms with Crippen LogP contribution in [0.2, 0.25) is 0 Å². The fourth-order valence-corrected chi connectivity index (χ4v) is 3.11. The molecule has 2 aromatic heterocycles. The highest BCUT2D eigenvalue weighted by Gasteiger charge is 2.25. The van der Waals surface area contributed by atoms with Crippen molar-refractivity contribution < 1.29 is 0 Å². The van der Waals surface area contributed by atoms with Crippen LogP contribution in [0, 0.1) is 0 Å². The molecule has 1 fully saturated rings. The van der Waals surface area contributed by atoms with Crippen molar-refractivity contribution in [2.45, 2.75) is 12.5 Å². The van der Waals surface area contributed by atoms with E-state index in [1.807, 2.05) is 0 Å². The Balaban J connectivity index is 1.61. The van der Waals surface area contributed by atoms with E-state index in [0.29, 0.717) is 16.3 Å². The number of nitrogens with zero attached hydrogens (tertiary/aromatic N) is 5. The van der Waals surface area contributed by atoms with E-state index in [4.69, 9.17) is 11.5 Å². The molecule has 0 amide bonds. The van der Waals surface area contributed by atoms with Crippen LogP contribution >= 0.6 is 22.7 Å². The van der Waals surface area contributed by atoms with Gasteiger partial charge in [-0.1, -0.05) is 22.7 Å². The zero-order valence-corrected chi connectivity index (χ0v) is 11.0. The van der Waals surface area contributed by atoms with Gasteiger partial charge in [0, 0.05) is 19.1 Å². The van der Waals surface area contributed by atoms with E-state index in [-0.39, 0.29) is 0 Å². The van der Waals surface area contributed by atoms with Gasteiger partial charge in [-0.3, -0.25) is 0 Å². The fourth-order valence-electron chi connectivity index (χ4n) is 1.87. The summed E-state index contributed by atoms with van der Waals surface area (Å²) in [5.74, 6) is 0. The number of nitrogen functional groups attached to an aromatic ring is 2. The first-order chi connectivity index (χ1) is 8.70. The third-order valence-electron chi connectivity index (χ3n) is 2.66. The first kappa shape index (κ1) is 11.4. The van der Waals surface area contributed by atoms with Gasteiger partial charge in [-0.15, -0.1) is 20.4 Å². The summed E-state index contributed by atoms with van der Waals surface area (Å²) in [6.07, 6.45) is 1.01. The molecule has 0 bridgehead atoms. The van der Waals surface area contributed by atoms with E-state index in [2.05, 4.69) is 30.6 Å². The van der Waals surface area contributed by atoms with Crippen LogP contribution in [0.15, 0.2) is 0 Å². The molecular weight excluding hydrogens is 272 g/mol. The van der Waals surface area contributed by atoms with Crippen molar-refractivity contribution in [2.24, 2.45) is 0 Å². The number of hydrogen-bond acceptors (Lipinski definition) is 10. The SMILES string of the molecule is Nc1nnc(N[C@H]2CCN(c3nnc(N)s3)C2)s1. The molecule has 10 heteroatoms. The van der Waals surface area contributed by atoms with Crippen molar-refractivity contribution in [3.05, 3.63) is 0 Å². The normalized spacial score (nSPS) is 19.3. The Morgan fingerprint density at radius 3 is 2.56 bits per heavy atom. The molecule has 3 rings (SSSR count). The standard InChI is InChI=1S/C8H12N8S2/c9-5-12-14-7(17-5)11-4-1-2-16(3-4)8-15-13-6(10)18-8/h4H,1-3H2,(H2,9,12)(H2,10,13)(H,11,14)/t4-/m0/s1. The third kappa shape index (κ3) is 2.29. The molecule has 0 spiro atoms. The summed E-state index contributed by atoms with van der Waals surface area (Å²) >= 11 is 2.76. The van der Waals surface area contributed by atoms with Gasteiger partial charge in [0.2, 0.25) is 20.5 Å². The average molecular weight is 284 g/mol. The van der Waals surface area contributed by atoms with Crippen LogP contribution in [0.4, 0.5) is 20.5 Å². The molecule has 96 valence electrons. The maximum absolute atomic E-state index is 5.58. The number of hydrogen-bond donors (Lipinski definition) is 3. The van der Waals surface area contributed by atoms with E-state index in [0.717, 1.165) is 29.8 Å². The predicted octanol–water partition coefficient (Wildman–Crippen LogP) is 0.245. The van der Waals surface area contributed by atoms with Crippen LogP contribution in [0.1, 0.15) is 6.42 Å². The highest BCUT2D eigenvalue weighted by molar-refractivity contribution is 7.19. The molecule has 18 heavy (non-hydrogen) atoms. The van der Waals surface area contributed by atoms with Gasteiger partial charge in [0.05, 0.1) is 0 Å². The lowest BCUT2D eigenvalue weighted by Gasteiger charge is -2.14. The minimum atomic E-state index is 0.322. The van der Waals surface area contributed by atoms with E-state index in [1.165, 1.54) is 22.7 Å². The largest absolute Gasteiger partial charge is 0.374 e. The molecule has 1 atom stereocenters. The lowest BCUT2D eigenvalue weighted by Crippen LogP contribution is -2.25. The molecule has 8 nitrogen and oxygen atoms in total. The molecule has 0 radical (unpaired) electrons. The number of nitrogens with two attached hydrogens (primary N) is 2. The summed E-state index contributed by atoms with van der Waals surface area (Å²) in [6, 6.07) is 0.322. The molecule has 1 saturated heterocycles. The van der Waals surface area contributed by atoms with Crippen LogP contribution < -0.4 is 21.7 Å². The molecule has 0 saturated carbocycles. The first-order valence-electron chi connectivity index (χ1n) is 5.40. The Morgan fingerprint density at radius 1 is 1.11 bits per heavy atom. The second kappa shape index (κ2) is 4.53. The van der Waals surface area contributed by atoms with Crippen molar-refractivity contribution >= 4 is 43.2 Å². The zero-order valence-electron chi connectivity index (χ0n) is 9.41. The van der Waals surface area contributed by atoms with Crippen LogP contribution in [-0.2, 0) is 0 Å². The summed E-state index contributed by atoms with van der Waals surface area (Å²) in [5.41, 5.74) is 11.1. The average Bonchev–Trinajstić information content (AvgIpc) is 3.01. The summed E-state index contributed by atoms with van der Waals surface area (Å²) in [4.78, 5) is 2.16. The monoisotopic (exact) mass is 284 g/mol. The minimum absolute atomic E-state index is 0.322. The van der Waals surface area contributed by atoms with Gasteiger partial charge in [-0.2, -0.15) is 0 Å². The second-order valence-electron chi connectivity index (χ2n) is 3.94. The topological polar surface area (TPSA) is 119 Å². The fraction of sp³-hybridized carbons (Fsp3) is 0.500. The summed E-state index contributed by atoms with van der Waals surface area (Å²) in [7, 11) is 0. The van der Waals surface area contributed by atoms with E-state index < -0.39 is 0 Å². The molecule has 1 aliphatic rings. The highest BCUT2D eigenvalue weighted by Crippen LogP contribution is 2.27. The number of nitrogens with one attached hydrogen (secondary N) is 1.